The Morgan fingerprint density at radius 2 is 2.16 bits per heavy atom. The standard InChI is InChI=1S/C14H13ClN2O2/c1-2-17(13-12(15)7-4-8-16-13)11-6-3-5-10(9-11)14(18)19/h3-9H,2H2,1H3,(H,18,19). The number of rotatable bonds is 4. The molecule has 4 nitrogen and oxygen atoms in total. The molecular formula is C14H13ClN2O2. The van der Waals surface area contributed by atoms with Gasteiger partial charge in [0.05, 0.1) is 10.6 Å². The molecule has 0 saturated carbocycles. The second kappa shape index (κ2) is 5.71. The third-order valence-electron chi connectivity index (χ3n) is 2.72. The van der Waals surface area contributed by atoms with Crippen LogP contribution in [0.25, 0.3) is 0 Å². The van der Waals surface area contributed by atoms with Crippen molar-refractivity contribution in [1.29, 1.82) is 0 Å². The summed E-state index contributed by atoms with van der Waals surface area (Å²) in [6.45, 7) is 2.60. The summed E-state index contributed by atoms with van der Waals surface area (Å²) in [4.78, 5) is 17.1. The molecule has 0 fully saturated rings. The highest BCUT2D eigenvalue weighted by atomic mass is 35.5. The lowest BCUT2D eigenvalue weighted by Gasteiger charge is -2.23. The molecule has 2 aromatic rings. The van der Waals surface area contributed by atoms with Crippen LogP contribution in [0.15, 0.2) is 42.6 Å². The second-order valence-corrected chi connectivity index (χ2v) is 4.32. The van der Waals surface area contributed by atoms with E-state index in [-0.39, 0.29) is 5.56 Å². The summed E-state index contributed by atoms with van der Waals surface area (Å²) < 4.78 is 0. The van der Waals surface area contributed by atoms with E-state index in [1.54, 1.807) is 36.5 Å². The Bertz CT molecular complexity index is 602. The van der Waals surface area contributed by atoms with Crippen molar-refractivity contribution in [2.24, 2.45) is 0 Å². The quantitative estimate of drug-likeness (QED) is 0.927. The van der Waals surface area contributed by atoms with Crippen molar-refractivity contribution in [3.63, 3.8) is 0 Å². The predicted octanol–water partition coefficient (Wildman–Crippen LogP) is 3.59. The number of nitrogens with zero attached hydrogens (tertiary/aromatic N) is 2. The minimum absolute atomic E-state index is 0.239. The largest absolute Gasteiger partial charge is 0.478 e. The molecule has 1 aromatic heterocycles. The molecule has 1 N–H and O–H groups in total. The molecule has 0 spiro atoms. The zero-order valence-electron chi connectivity index (χ0n) is 10.4. The van der Waals surface area contributed by atoms with Gasteiger partial charge in [-0.25, -0.2) is 9.78 Å². The fourth-order valence-corrected chi connectivity index (χ4v) is 2.06. The average molecular weight is 277 g/mol. The van der Waals surface area contributed by atoms with Crippen LogP contribution in [-0.4, -0.2) is 22.6 Å². The van der Waals surface area contributed by atoms with Crippen LogP contribution in [0.5, 0.6) is 0 Å². The Morgan fingerprint density at radius 1 is 1.37 bits per heavy atom. The molecule has 0 aliphatic carbocycles. The van der Waals surface area contributed by atoms with E-state index >= 15 is 0 Å². The molecular weight excluding hydrogens is 264 g/mol. The third-order valence-corrected chi connectivity index (χ3v) is 3.01. The van der Waals surface area contributed by atoms with Crippen LogP contribution in [0.3, 0.4) is 0 Å². The van der Waals surface area contributed by atoms with Gasteiger partial charge in [-0.2, -0.15) is 0 Å². The van der Waals surface area contributed by atoms with Crippen LogP contribution in [0.4, 0.5) is 11.5 Å². The Morgan fingerprint density at radius 3 is 2.79 bits per heavy atom. The molecule has 0 unspecified atom stereocenters. The number of halogens is 1. The van der Waals surface area contributed by atoms with Gasteiger partial charge in [-0.1, -0.05) is 17.7 Å². The maximum Gasteiger partial charge on any atom is 0.335 e. The van der Waals surface area contributed by atoms with Crippen molar-refractivity contribution in [3.05, 3.63) is 53.2 Å². The summed E-state index contributed by atoms with van der Waals surface area (Å²) in [6.07, 6.45) is 1.66. The average Bonchev–Trinajstić information content (AvgIpc) is 2.42. The van der Waals surface area contributed by atoms with E-state index in [1.165, 1.54) is 0 Å². The number of benzene rings is 1. The molecule has 0 aliphatic rings. The molecule has 0 bridgehead atoms. The number of carbonyl (C=O) groups is 1. The number of aromatic nitrogens is 1. The molecule has 0 aliphatic heterocycles. The van der Waals surface area contributed by atoms with E-state index in [4.69, 9.17) is 16.7 Å². The molecule has 0 radical (unpaired) electrons. The van der Waals surface area contributed by atoms with Gasteiger partial charge in [0.1, 0.15) is 0 Å². The van der Waals surface area contributed by atoms with Gasteiger partial charge in [0.15, 0.2) is 5.82 Å². The van der Waals surface area contributed by atoms with Gasteiger partial charge in [-0.15, -0.1) is 0 Å². The third kappa shape index (κ3) is 2.85. The maximum absolute atomic E-state index is 11.0. The SMILES string of the molecule is CCN(c1cccc(C(=O)O)c1)c1ncccc1Cl. The van der Waals surface area contributed by atoms with Gasteiger partial charge >= 0.3 is 5.97 Å². The van der Waals surface area contributed by atoms with Gasteiger partial charge < -0.3 is 10.0 Å². The van der Waals surface area contributed by atoms with E-state index < -0.39 is 5.97 Å². The number of hydrogen-bond donors (Lipinski definition) is 1. The van der Waals surface area contributed by atoms with Gasteiger partial charge in [-0.05, 0) is 37.3 Å². The molecule has 0 atom stereocenters. The maximum atomic E-state index is 11.0. The van der Waals surface area contributed by atoms with E-state index in [0.717, 1.165) is 5.69 Å². The van der Waals surface area contributed by atoms with Crippen molar-refractivity contribution < 1.29 is 9.90 Å². The van der Waals surface area contributed by atoms with Gasteiger partial charge in [0, 0.05) is 18.4 Å². The van der Waals surface area contributed by atoms with Gasteiger partial charge in [-0.3, -0.25) is 0 Å². The molecule has 1 aromatic carbocycles. The van der Waals surface area contributed by atoms with Crippen molar-refractivity contribution in [2.45, 2.75) is 6.92 Å². The van der Waals surface area contributed by atoms with E-state index in [1.807, 2.05) is 17.9 Å². The van der Waals surface area contributed by atoms with Gasteiger partial charge in [0.2, 0.25) is 0 Å². The Balaban J connectivity index is 2.45. The summed E-state index contributed by atoms with van der Waals surface area (Å²) >= 11 is 6.13. The van der Waals surface area contributed by atoms with Crippen LogP contribution >= 0.6 is 11.6 Å². The minimum atomic E-state index is -0.954. The first kappa shape index (κ1) is 13.4. The fourth-order valence-electron chi connectivity index (χ4n) is 1.84. The number of anilines is 2. The van der Waals surface area contributed by atoms with E-state index in [2.05, 4.69) is 4.98 Å². The van der Waals surface area contributed by atoms with Crippen molar-refractivity contribution >= 4 is 29.1 Å². The fraction of sp³-hybridized carbons (Fsp3) is 0.143. The summed E-state index contributed by atoms with van der Waals surface area (Å²) in [6, 6.07) is 10.2. The lowest BCUT2D eigenvalue weighted by Crippen LogP contribution is -2.18. The Hall–Kier alpha value is -2.07. The predicted molar refractivity (Wildman–Crippen MR) is 75.3 cm³/mol. The van der Waals surface area contributed by atoms with Crippen LogP contribution in [0, 0.1) is 0 Å². The van der Waals surface area contributed by atoms with Crippen molar-refractivity contribution in [1.82, 2.24) is 4.98 Å². The molecule has 19 heavy (non-hydrogen) atoms. The monoisotopic (exact) mass is 276 g/mol. The highest BCUT2D eigenvalue weighted by Gasteiger charge is 2.13. The normalized spacial score (nSPS) is 10.2. The lowest BCUT2D eigenvalue weighted by atomic mass is 10.2. The first-order valence-electron chi connectivity index (χ1n) is 5.85. The van der Waals surface area contributed by atoms with Crippen LogP contribution in [0.2, 0.25) is 5.02 Å². The molecule has 2 rings (SSSR count). The number of pyridine rings is 1. The summed E-state index contributed by atoms with van der Waals surface area (Å²) in [7, 11) is 0. The first-order chi connectivity index (χ1) is 9.13. The molecule has 1 heterocycles. The number of carboxylic acids is 1. The summed E-state index contributed by atoms with van der Waals surface area (Å²) in [5.74, 6) is -0.334. The summed E-state index contributed by atoms with van der Waals surface area (Å²) in [5.41, 5.74) is 0.992. The first-order valence-corrected chi connectivity index (χ1v) is 6.22. The van der Waals surface area contributed by atoms with Crippen molar-refractivity contribution in [3.8, 4) is 0 Å². The molecule has 5 heteroatoms. The van der Waals surface area contributed by atoms with Gasteiger partial charge in [0.25, 0.3) is 0 Å². The molecule has 98 valence electrons. The highest BCUT2D eigenvalue weighted by molar-refractivity contribution is 6.33. The second-order valence-electron chi connectivity index (χ2n) is 3.91. The van der Waals surface area contributed by atoms with Crippen LogP contribution in [0.1, 0.15) is 17.3 Å². The molecule has 0 saturated heterocycles. The smallest absolute Gasteiger partial charge is 0.335 e. The highest BCUT2D eigenvalue weighted by Crippen LogP contribution is 2.29. The number of carboxylic acid groups (broad SMARTS) is 1. The number of hydrogen-bond acceptors (Lipinski definition) is 3. The Labute approximate surface area is 116 Å². The topological polar surface area (TPSA) is 53.4 Å². The zero-order valence-corrected chi connectivity index (χ0v) is 11.1. The Kier molecular flexibility index (Phi) is 4.02. The summed E-state index contributed by atoms with van der Waals surface area (Å²) in [5, 5.41) is 9.56. The van der Waals surface area contributed by atoms with Crippen LogP contribution in [-0.2, 0) is 0 Å². The van der Waals surface area contributed by atoms with Crippen LogP contribution < -0.4 is 4.90 Å². The van der Waals surface area contributed by atoms with E-state index in [9.17, 15) is 4.79 Å². The van der Waals surface area contributed by atoms with Crippen molar-refractivity contribution in [2.75, 3.05) is 11.4 Å². The number of aromatic carboxylic acids is 1. The lowest BCUT2D eigenvalue weighted by molar-refractivity contribution is 0.0697. The zero-order chi connectivity index (χ0) is 13.8. The minimum Gasteiger partial charge on any atom is -0.478 e. The van der Waals surface area contributed by atoms with E-state index in [0.29, 0.717) is 17.4 Å². The molecule has 0 amide bonds.